The second-order valence-corrected chi connectivity index (χ2v) is 6.29. The van der Waals surface area contributed by atoms with E-state index in [-0.39, 0.29) is 11.4 Å². The normalized spacial score (nSPS) is 11.8. The molecule has 0 heterocycles. The highest BCUT2D eigenvalue weighted by atomic mass is 35.5. The van der Waals surface area contributed by atoms with Gasteiger partial charge in [-0.15, -0.1) is 11.6 Å². The summed E-state index contributed by atoms with van der Waals surface area (Å²) in [5, 5.41) is 1.61. The molecule has 2 aromatic rings. The summed E-state index contributed by atoms with van der Waals surface area (Å²) >= 11 is 5.47. The van der Waals surface area contributed by atoms with E-state index in [4.69, 9.17) is 16.3 Å². The topological polar surface area (TPSA) is 55.4 Å². The van der Waals surface area contributed by atoms with Crippen molar-refractivity contribution >= 4 is 32.4 Å². The second kappa shape index (κ2) is 7.04. The van der Waals surface area contributed by atoms with E-state index < -0.39 is 10.0 Å². The lowest BCUT2D eigenvalue weighted by Gasteiger charge is -2.09. The molecule has 0 atom stereocenters. The van der Waals surface area contributed by atoms with Crippen molar-refractivity contribution in [3.8, 4) is 0 Å². The van der Waals surface area contributed by atoms with E-state index in [1.807, 2.05) is 24.3 Å². The number of halogens is 1. The Morgan fingerprint density at radius 2 is 1.80 bits per heavy atom. The summed E-state index contributed by atoms with van der Waals surface area (Å²) in [5.41, 5.74) is 0. The number of benzene rings is 2. The first-order valence-electron chi connectivity index (χ1n) is 6.26. The third kappa shape index (κ3) is 3.70. The number of rotatable bonds is 7. The maximum Gasteiger partial charge on any atom is 0.241 e. The zero-order chi connectivity index (χ0) is 14.4. The Labute approximate surface area is 123 Å². The first-order chi connectivity index (χ1) is 9.65. The van der Waals surface area contributed by atoms with Crippen molar-refractivity contribution in [1.82, 2.24) is 4.72 Å². The number of hydrogen-bond acceptors (Lipinski definition) is 3. The fourth-order valence-corrected chi connectivity index (χ4v) is 3.26. The van der Waals surface area contributed by atoms with Crippen LogP contribution in [0.15, 0.2) is 47.4 Å². The van der Waals surface area contributed by atoms with Gasteiger partial charge in [0.25, 0.3) is 0 Å². The van der Waals surface area contributed by atoms with Gasteiger partial charge in [0, 0.05) is 17.8 Å². The Morgan fingerprint density at radius 1 is 1.05 bits per heavy atom. The molecule has 0 radical (unpaired) electrons. The molecule has 0 spiro atoms. The Balaban J connectivity index is 2.15. The van der Waals surface area contributed by atoms with E-state index in [0.717, 1.165) is 5.39 Å². The van der Waals surface area contributed by atoms with Gasteiger partial charge in [-0.2, -0.15) is 0 Å². The van der Waals surface area contributed by atoms with Crippen LogP contribution < -0.4 is 4.72 Å². The van der Waals surface area contributed by atoms with E-state index in [9.17, 15) is 8.42 Å². The second-order valence-electron chi connectivity index (χ2n) is 4.18. The van der Waals surface area contributed by atoms with E-state index in [2.05, 4.69) is 4.72 Å². The van der Waals surface area contributed by atoms with Crippen LogP contribution in [-0.2, 0) is 14.8 Å². The van der Waals surface area contributed by atoms with E-state index in [1.165, 1.54) is 0 Å². The summed E-state index contributed by atoms with van der Waals surface area (Å²) in [6.45, 7) is 0.941. The fraction of sp³-hybridized carbons (Fsp3) is 0.286. The van der Waals surface area contributed by atoms with Crippen molar-refractivity contribution in [2.45, 2.75) is 4.90 Å². The third-order valence-electron chi connectivity index (χ3n) is 2.80. The van der Waals surface area contributed by atoms with Crippen molar-refractivity contribution in [3.05, 3.63) is 42.5 Å². The molecule has 0 bridgehead atoms. The number of fused-ring (bicyclic) bond motifs is 1. The SMILES string of the molecule is O=S(=O)(NCCOCCCl)c1cccc2ccccc12. The minimum absolute atomic E-state index is 0.225. The van der Waals surface area contributed by atoms with Crippen LogP contribution in [0, 0.1) is 0 Å². The monoisotopic (exact) mass is 313 g/mol. The molecule has 1 N–H and O–H groups in total. The Morgan fingerprint density at radius 3 is 2.60 bits per heavy atom. The Bertz CT molecular complexity index is 668. The standard InChI is InChI=1S/C14H16ClNO3S/c15-8-10-19-11-9-16-20(17,18)14-7-3-5-12-4-1-2-6-13(12)14/h1-7,16H,8-11H2. The average molecular weight is 314 g/mol. The molecule has 0 aliphatic heterocycles. The van der Waals surface area contributed by atoms with Crippen molar-refractivity contribution < 1.29 is 13.2 Å². The van der Waals surface area contributed by atoms with E-state index in [0.29, 0.717) is 24.5 Å². The van der Waals surface area contributed by atoms with Crippen molar-refractivity contribution in [1.29, 1.82) is 0 Å². The number of alkyl halides is 1. The molecule has 0 fully saturated rings. The first-order valence-corrected chi connectivity index (χ1v) is 8.28. The first kappa shape index (κ1) is 15.3. The molecule has 6 heteroatoms. The van der Waals surface area contributed by atoms with E-state index in [1.54, 1.807) is 18.2 Å². The predicted molar refractivity (Wildman–Crippen MR) is 80.7 cm³/mol. The lowest BCUT2D eigenvalue weighted by atomic mass is 10.1. The van der Waals surface area contributed by atoms with Crippen LogP contribution in [0.25, 0.3) is 10.8 Å². The minimum Gasteiger partial charge on any atom is -0.379 e. The molecule has 0 aromatic heterocycles. The van der Waals surface area contributed by atoms with Crippen LogP contribution in [0.5, 0.6) is 0 Å². The third-order valence-corrected chi connectivity index (χ3v) is 4.47. The van der Waals surface area contributed by atoms with Gasteiger partial charge < -0.3 is 4.74 Å². The van der Waals surface area contributed by atoms with Gasteiger partial charge in [-0.25, -0.2) is 13.1 Å². The lowest BCUT2D eigenvalue weighted by molar-refractivity contribution is 0.155. The van der Waals surface area contributed by atoms with Gasteiger partial charge >= 0.3 is 0 Å². The number of ether oxygens (including phenoxy) is 1. The highest BCUT2D eigenvalue weighted by Crippen LogP contribution is 2.22. The van der Waals surface area contributed by atoms with Gasteiger partial charge in [-0.3, -0.25) is 0 Å². The van der Waals surface area contributed by atoms with Gasteiger partial charge in [0.05, 0.1) is 18.1 Å². The molecule has 0 amide bonds. The van der Waals surface area contributed by atoms with Crippen LogP contribution in [0.4, 0.5) is 0 Å². The summed E-state index contributed by atoms with van der Waals surface area (Å²) in [7, 11) is -3.54. The highest BCUT2D eigenvalue weighted by Gasteiger charge is 2.16. The molecule has 2 rings (SSSR count). The zero-order valence-electron chi connectivity index (χ0n) is 10.9. The van der Waals surface area contributed by atoms with Crippen LogP contribution in [0.1, 0.15) is 0 Å². The zero-order valence-corrected chi connectivity index (χ0v) is 12.5. The predicted octanol–water partition coefficient (Wildman–Crippen LogP) is 2.37. The summed E-state index contributed by atoms with van der Waals surface area (Å²) in [6.07, 6.45) is 0. The molecular weight excluding hydrogens is 298 g/mol. The lowest BCUT2D eigenvalue weighted by Crippen LogP contribution is -2.27. The van der Waals surface area contributed by atoms with Crippen molar-refractivity contribution in [2.75, 3.05) is 25.6 Å². The molecule has 0 saturated heterocycles. The minimum atomic E-state index is -3.54. The summed E-state index contributed by atoms with van der Waals surface area (Å²) in [5.74, 6) is 0.399. The van der Waals surface area contributed by atoms with Gasteiger partial charge in [-0.05, 0) is 11.5 Å². The molecule has 0 unspecified atom stereocenters. The largest absolute Gasteiger partial charge is 0.379 e. The maximum atomic E-state index is 12.3. The molecule has 20 heavy (non-hydrogen) atoms. The molecule has 0 aliphatic rings. The van der Waals surface area contributed by atoms with Crippen molar-refractivity contribution in [2.24, 2.45) is 0 Å². The Hall–Kier alpha value is -1.14. The molecular formula is C14H16ClNO3S. The van der Waals surface area contributed by atoms with Crippen LogP contribution in [-0.4, -0.2) is 34.1 Å². The molecule has 4 nitrogen and oxygen atoms in total. The van der Waals surface area contributed by atoms with Gasteiger partial charge in [-0.1, -0.05) is 36.4 Å². The highest BCUT2D eigenvalue weighted by molar-refractivity contribution is 7.89. The summed E-state index contributed by atoms with van der Waals surface area (Å²) < 4.78 is 32.2. The quantitative estimate of drug-likeness (QED) is 0.630. The van der Waals surface area contributed by atoms with Crippen LogP contribution in [0.2, 0.25) is 0 Å². The maximum absolute atomic E-state index is 12.3. The fourth-order valence-electron chi connectivity index (χ4n) is 1.91. The molecule has 0 saturated carbocycles. The van der Waals surface area contributed by atoms with Gasteiger partial charge in [0.15, 0.2) is 0 Å². The van der Waals surface area contributed by atoms with Crippen molar-refractivity contribution in [3.63, 3.8) is 0 Å². The number of nitrogens with one attached hydrogen (secondary N) is 1. The molecule has 2 aromatic carbocycles. The van der Waals surface area contributed by atoms with E-state index >= 15 is 0 Å². The molecule has 108 valence electrons. The molecule has 0 aliphatic carbocycles. The van der Waals surface area contributed by atoms with Gasteiger partial charge in [0.2, 0.25) is 10.0 Å². The van der Waals surface area contributed by atoms with Crippen LogP contribution >= 0.6 is 11.6 Å². The number of hydrogen-bond donors (Lipinski definition) is 1. The summed E-state index contributed by atoms with van der Waals surface area (Å²) in [4.78, 5) is 0.285. The Kier molecular flexibility index (Phi) is 5.37. The average Bonchev–Trinajstić information content (AvgIpc) is 2.46. The summed E-state index contributed by atoms with van der Waals surface area (Å²) in [6, 6.07) is 12.6. The van der Waals surface area contributed by atoms with Gasteiger partial charge in [0.1, 0.15) is 0 Å². The number of sulfonamides is 1. The smallest absolute Gasteiger partial charge is 0.241 e. The van der Waals surface area contributed by atoms with Crippen LogP contribution in [0.3, 0.4) is 0 Å².